The Kier molecular flexibility index (Phi) is 3.58. The lowest BCUT2D eigenvalue weighted by Gasteiger charge is -2.37. The van der Waals surface area contributed by atoms with Gasteiger partial charge in [-0.25, -0.2) is 0 Å². The highest BCUT2D eigenvalue weighted by atomic mass is 16.2. The van der Waals surface area contributed by atoms with Gasteiger partial charge < -0.3 is 10.6 Å². The molecule has 1 heterocycles. The van der Waals surface area contributed by atoms with Crippen molar-refractivity contribution in [2.75, 3.05) is 10.6 Å². The molecule has 0 saturated carbocycles. The van der Waals surface area contributed by atoms with Gasteiger partial charge in [0.15, 0.2) is 0 Å². The summed E-state index contributed by atoms with van der Waals surface area (Å²) >= 11 is 0. The minimum absolute atomic E-state index is 0.262. The highest BCUT2D eigenvalue weighted by Crippen LogP contribution is 2.37. The molecule has 0 aliphatic carbocycles. The third-order valence-electron chi connectivity index (χ3n) is 4.41. The number of rotatable bonds is 3. The molecule has 1 unspecified atom stereocenters. The van der Waals surface area contributed by atoms with Crippen LogP contribution in [0.1, 0.15) is 15.9 Å². The Bertz CT molecular complexity index is 938. The summed E-state index contributed by atoms with van der Waals surface area (Å²) in [5.74, 6) is -0.645. The molecule has 3 aromatic carbocycles. The Labute approximate surface area is 145 Å². The van der Waals surface area contributed by atoms with Crippen LogP contribution in [-0.4, -0.2) is 11.7 Å². The maximum Gasteiger partial charge on any atom is 0.262 e. The van der Waals surface area contributed by atoms with Gasteiger partial charge in [0.1, 0.15) is 0 Å². The number of anilines is 2. The van der Waals surface area contributed by atoms with E-state index in [1.165, 1.54) is 0 Å². The van der Waals surface area contributed by atoms with Gasteiger partial charge in [-0.3, -0.25) is 9.59 Å². The van der Waals surface area contributed by atoms with Crippen molar-refractivity contribution < 1.29 is 9.59 Å². The van der Waals surface area contributed by atoms with Crippen LogP contribution < -0.4 is 10.6 Å². The van der Waals surface area contributed by atoms with Crippen LogP contribution in [0.3, 0.4) is 0 Å². The van der Waals surface area contributed by atoms with E-state index in [0.717, 1.165) is 0 Å². The molecule has 1 aliphatic heterocycles. The zero-order valence-corrected chi connectivity index (χ0v) is 13.4. The molecule has 2 N–H and O–H groups in total. The van der Waals surface area contributed by atoms with E-state index in [9.17, 15) is 9.59 Å². The van der Waals surface area contributed by atoms with E-state index in [1.54, 1.807) is 36.4 Å². The fraction of sp³-hybridized carbons (Fsp3) is 0.0476. The first-order chi connectivity index (χ1) is 12.2. The molecule has 0 saturated heterocycles. The molecule has 4 nitrogen and oxygen atoms in total. The summed E-state index contributed by atoms with van der Waals surface area (Å²) in [5, 5.41) is 6.07. The minimum Gasteiger partial charge on any atom is -0.361 e. The molecule has 0 bridgehead atoms. The lowest BCUT2D eigenvalue weighted by Crippen LogP contribution is -2.56. The first-order valence-electron chi connectivity index (χ1n) is 8.06. The van der Waals surface area contributed by atoms with Crippen molar-refractivity contribution >= 4 is 23.1 Å². The Balaban J connectivity index is 1.92. The molecule has 122 valence electrons. The SMILES string of the molecule is O=C1Nc2ccccc2C(=O)C1(Nc1ccccc1)c1ccccc1. The van der Waals surface area contributed by atoms with Crippen LogP contribution in [0.4, 0.5) is 11.4 Å². The second-order valence-corrected chi connectivity index (χ2v) is 5.94. The molecular weight excluding hydrogens is 312 g/mol. The molecule has 0 spiro atoms. The van der Waals surface area contributed by atoms with Crippen LogP contribution in [0, 0.1) is 0 Å². The number of fused-ring (bicyclic) bond motifs is 1. The predicted octanol–water partition coefficient (Wildman–Crippen LogP) is 3.83. The number of carbonyl (C=O) groups is 2. The summed E-state index contributed by atoms with van der Waals surface area (Å²) in [6.45, 7) is 0. The number of para-hydroxylation sites is 2. The van der Waals surface area contributed by atoms with Gasteiger partial charge in [-0.1, -0.05) is 60.7 Å². The molecule has 0 aromatic heterocycles. The van der Waals surface area contributed by atoms with Crippen LogP contribution in [-0.2, 0) is 10.3 Å². The lowest BCUT2D eigenvalue weighted by molar-refractivity contribution is -0.119. The standard InChI is InChI=1S/C21H16N2O2/c24-19-17-13-7-8-14-18(17)22-20(25)21(19,15-9-3-1-4-10-15)23-16-11-5-2-6-12-16/h1-14,23H,(H,22,25). The fourth-order valence-electron chi connectivity index (χ4n) is 3.19. The maximum absolute atomic E-state index is 13.4. The number of Topliss-reactive ketones (excluding diaryl/α,β-unsaturated/α-hetero) is 1. The molecular formula is C21H16N2O2. The van der Waals surface area contributed by atoms with Crippen molar-refractivity contribution in [2.45, 2.75) is 5.54 Å². The third kappa shape index (κ3) is 2.39. The van der Waals surface area contributed by atoms with E-state index >= 15 is 0 Å². The van der Waals surface area contributed by atoms with Crippen molar-refractivity contribution in [3.05, 3.63) is 96.1 Å². The van der Waals surface area contributed by atoms with Crippen LogP contribution in [0.5, 0.6) is 0 Å². The molecule has 0 fully saturated rings. The summed E-state index contributed by atoms with van der Waals surface area (Å²) in [5.41, 5.74) is 0.843. The van der Waals surface area contributed by atoms with Gasteiger partial charge in [0, 0.05) is 11.3 Å². The second kappa shape index (κ2) is 5.91. The molecule has 1 aliphatic rings. The number of ketones is 1. The van der Waals surface area contributed by atoms with Crippen molar-refractivity contribution in [3.63, 3.8) is 0 Å². The van der Waals surface area contributed by atoms with Crippen LogP contribution in [0.25, 0.3) is 0 Å². The Morgan fingerprint density at radius 2 is 1.32 bits per heavy atom. The molecule has 0 radical (unpaired) electrons. The number of nitrogens with one attached hydrogen (secondary N) is 2. The van der Waals surface area contributed by atoms with E-state index in [4.69, 9.17) is 0 Å². The van der Waals surface area contributed by atoms with E-state index in [1.807, 2.05) is 48.5 Å². The van der Waals surface area contributed by atoms with Gasteiger partial charge in [-0.05, 0) is 29.8 Å². The van der Waals surface area contributed by atoms with Crippen molar-refractivity contribution in [3.8, 4) is 0 Å². The summed E-state index contributed by atoms with van der Waals surface area (Å²) in [7, 11) is 0. The zero-order valence-electron chi connectivity index (χ0n) is 13.4. The van der Waals surface area contributed by atoms with Crippen molar-refractivity contribution in [1.82, 2.24) is 0 Å². The van der Waals surface area contributed by atoms with Crippen LogP contribution in [0.2, 0.25) is 0 Å². The summed E-state index contributed by atoms with van der Waals surface area (Å²) in [6.07, 6.45) is 0. The third-order valence-corrected chi connectivity index (χ3v) is 4.41. The Hall–Kier alpha value is -3.40. The molecule has 25 heavy (non-hydrogen) atoms. The Morgan fingerprint density at radius 1 is 0.720 bits per heavy atom. The van der Waals surface area contributed by atoms with E-state index in [-0.39, 0.29) is 11.7 Å². The number of benzene rings is 3. The van der Waals surface area contributed by atoms with Gasteiger partial charge in [0.05, 0.1) is 5.69 Å². The highest BCUT2D eigenvalue weighted by molar-refractivity contribution is 6.29. The second-order valence-electron chi connectivity index (χ2n) is 5.94. The zero-order chi connectivity index (χ0) is 17.3. The quantitative estimate of drug-likeness (QED) is 0.719. The number of hydrogen-bond donors (Lipinski definition) is 2. The topological polar surface area (TPSA) is 58.2 Å². The maximum atomic E-state index is 13.4. The number of amides is 1. The number of hydrogen-bond acceptors (Lipinski definition) is 3. The molecule has 4 heteroatoms. The van der Waals surface area contributed by atoms with Crippen LogP contribution in [0.15, 0.2) is 84.9 Å². The monoisotopic (exact) mass is 328 g/mol. The molecule has 3 aromatic rings. The summed E-state index contributed by atoms with van der Waals surface area (Å²) in [4.78, 5) is 26.5. The largest absolute Gasteiger partial charge is 0.361 e. The van der Waals surface area contributed by atoms with Crippen molar-refractivity contribution in [1.29, 1.82) is 0 Å². The molecule has 4 rings (SSSR count). The predicted molar refractivity (Wildman–Crippen MR) is 97.6 cm³/mol. The van der Waals surface area contributed by atoms with Crippen LogP contribution >= 0.6 is 0 Å². The van der Waals surface area contributed by atoms with E-state index < -0.39 is 5.54 Å². The summed E-state index contributed by atoms with van der Waals surface area (Å²) < 4.78 is 0. The van der Waals surface area contributed by atoms with Gasteiger partial charge in [-0.2, -0.15) is 0 Å². The fourth-order valence-corrected chi connectivity index (χ4v) is 3.19. The van der Waals surface area contributed by atoms with Gasteiger partial charge in [0.2, 0.25) is 11.3 Å². The smallest absolute Gasteiger partial charge is 0.262 e. The molecule has 1 amide bonds. The highest BCUT2D eigenvalue weighted by Gasteiger charge is 2.51. The van der Waals surface area contributed by atoms with Gasteiger partial charge >= 0.3 is 0 Å². The first kappa shape index (κ1) is 15.1. The normalized spacial score (nSPS) is 19.0. The average molecular weight is 328 g/mol. The van der Waals surface area contributed by atoms with E-state index in [0.29, 0.717) is 22.5 Å². The van der Waals surface area contributed by atoms with E-state index in [2.05, 4.69) is 10.6 Å². The van der Waals surface area contributed by atoms with Crippen molar-refractivity contribution in [2.24, 2.45) is 0 Å². The number of carbonyl (C=O) groups excluding carboxylic acids is 2. The average Bonchev–Trinajstić information content (AvgIpc) is 2.67. The Morgan fingerprint density at radius 3 is 2.04 bits per heavy atom. The molecule has 1 atom stereocenters. The lowest BCUT2D eigenvalue weighted by atomic mass is 9.78. The van der Waals surface area contributed by atoms with Gasteiger partial charge in [0.25, 0.3) is 5.91 Å². The minimum atomic E-state index is -1.50. The first-order valence-corrected chi connectivity index (χ1v) is 8.06. The summed E-state index contributed by atoms with van der Waals surface area (Å²) in [6, 6.07) is 25.5. The van der Waals surface area contributed by atoms with Gasteiger partial charge in [-0.15, -0.1) is 0 Å².